The van der Waals surface area contributed by atoms with E-state index in [0.29, 0.717) is 28.3 Å². The van der Waals surface area contributed by atoms with Gasteiger partial charge in [-0.1, -0.05) is 6.07 Å². The van der Waals surface area contributed by atoms with Gasteiger partial charge in [0.15, 0.2) is 11.3 Å². The van der Waals surface area contributed by atoms with Gasteiger partial charge in [-0.3, -0.25) is 4.98 Å². The maximum Gasteiger partial charge on any atom is 0.225 e. The SMILES string of the molecule is Nc1nc2nc[nH]c2c2nc(-c3ccccn3)nn12. The third-order valence-corrected chi connectivity index (χ3v) is 2.78. The number of nitrogens with one attached hydrogen (secondary N) is 1. The Morgan fingerprint density at radius 2 is 2.11 bits per heavy atom. The number of anilines is 1. The third kappa shape index (κ3) is 1.36. The Morgan fingerprint density at radius 3 is 2.95 bits per heavy atom. The van der Waals surface area contributed by atoms with Crippen molar-refractivity contribution in [1.82, 2.24) is 34.5 Å². The maximum absolute atomic E-state index is 5.85. The zero-order chi connectivity index (χ0) is 12.8. The molecular formula is C11H8N8. The van der Waals surface area contributed by atoms with Crippen LogP contribution in [0.2, 0.25) is 0 Å². The van der Waals surface area contributed by atoms with Gasteiger partial charge in [-0.15, -0.1) is 5.10 Å². The average molecular weight is 252 g/mol. The van der Waals surface area contributed by atoms with E-state index in [9.17, 15) is 0 Å². The van der Waals surface area contributed by atoms with Gasteiger partial charge < -0.3 is 10.7 Å². The number of fused-ring (bicyclic) bond motifs is 3. The lowest BCUT2D eigenvalue weighted by Gasteiger charge is -1.95. The van der Waals surface area contributed by atoms with Gasteiger partial charge in [-0.2, -0.15) is 9.50 Å². The highest BCUT2D eigenvalue weighted by Gasteiger charge is 2.14. The van der Waals surface area contributed by atoms with Crippen molar-refractivity contribution >= 4 is 22.8 Å². The lowest BCUT2D eigenvalue weighted by Crippen LogP contribution is -2.02. The first-order chi connectivity index (χ1) is 9.33. The van der Waals surface area contributed by atoms with E-state index in [-0.39, 0.29) is 5.95 Å². The topological polar surface area (TPSA) is 111 Å². The largest absolute Gasteiger partial charge is 0.368 e. The highest BCUT2D eigenvalue weighted by atomic mass is 15.4. The molecule has 0 aliphatic carbocycles. The fraction of sp³-hybridized carbons (Fsp3) is 0. The lowest BCUT2D eigenvalue weighted by molar-refractivity contribution is 0.949. The number of aromatic amines is 1. The molecule has 92 valence electrons. The molecule has 0 radical (unpaired) electrons. The Morgan fingerprint density at radius 1 is 1.16 bits per heavy atom. The van der Waals surface area contributed by atoms with E-state index in [1.807, 2.05) is 18.2 Å². The van der Waals surface area contributed by atoms with Gasteiger partial charge in [0.05, 0.1) is 6.33 Å². The van der Waals surface area contributed by atoms with Crippen molar-refractivity contribution in [3.05, 3.63) is 30.7 Å². The smallest absolute Gasteiger partial charge is 0.225 e. The van der Waals surface area contributed by atoms with E-state index < -0.39 is 0 Å². The fourth-order valence-electron chi connectivity index (χ4n) is 1.93. The molecule has 0 saturated carbocycles. The number of pyridine rings is 1. The van der Waals surface area contributed by atoms with Gasteiger partial charge in [0.2, 0.25) is 11.8 Å². The minimum Gasteiger partial charge on any atom is -0.368 e. The second-order valence-electron chi connectivity index (χ2n) is 3.96. The molecule has 0 spiro atoms. The first-order valence-electron chi connectivity index (χ1n) is 5.59. The molecule has 0 aromatic carbocycles. The van der Waals surface area contributed by atoms with Crippen LogP contribution in [0.1, 0.15) is 0 Å². The summed E-state index contributed by atoms with van der Waals surface area (Å²) in [5, 5.41) is 4.32. The molecule has 0 aliphatic heterocycles. The molecule has 4 aromatic heterocycles. The highest BCUT2D eigenvalue weighted by molar-refractivity contribution is 5.86. The molecule has 8 nitrogen and oxygen atoms in total. The average Bonchev–Trinajstić information content (AvgIpc) is 3.05. The predicted molar refractivity (Wildman–Crippen MR) is 68.1 cm³/mol. The molecule has 0 fully saturated rings. The summed E-state index contributed by atoms with van der Waals surface area (Å²) in [6.45, 7) is 0. The molecule has 0 aliphatic rings. The Hall–Kier alpha value is -3.03. The predicted octanol–water partition coefficient (Wildman–Crippen LogP) is 0.645. The fourth-order valence-corrected chi connectivity index (χ4v) is 1.93. The van der Waals surface area contributed by atoms with E-state index in [1.54, 1.807) is 12.5 Å². The van der Waals surface area contributed by atoms with Gasteiger partial charge in [0.25, 0.3) is 0 Å². The summed E-state index contributed by atoms with van der Waals surface area (Å²) >= 11 is 0. The summed E-state index contributed by atoms with van der Waals surface area (Å²) in [7, 11) is 0. The number of hydrogen-bond acceptors (Lipinski definition) is 6. The van der Waals surface area contributed by atoms with Crippen LogP contribution in [-0.4, -0.2) is 34.5 Å². The van der Waals surface area contributed by atoms with Crippen LogP contribution in [0.3, 0.4) is 0 Å². The molecule has 3 N–H and O–H groups in total. The molecular weight excluding hydrogens is 244 g/mol. The minimum absolute atomic E-state index is 0.240. The zero-order valence-corrected chi connectivity index (χ0v) is 9.65. The van der Waals surface area contributed by atoms with Crippen LogP contribution in [0.5, 0.6) is 0 Å². The van der Waals surface area contributed by atoms with E-state index >= 15 is 0 Å². The van der Waals surface area contributed by atoms with E-state index in [4.69, 9.17) is 5.73 Å². The number of nitrogens with two attached hydrogens (primary N) is 1. The molecule has 0 atom stereocenters. The van der Waals surface area contributed by atoms with Crippen LogP contribution >= 0.6 is 0 Å². The van der Waals surface area contributed by atoms with E-state index in [0.717, 1.165) is 0 Å². The van der Waals surface area contributed by atoms with Gasteiger partial charge >= 0.3 is 0 Å². The van der Waals surface area contributed by atoms with Gasteiger partial charge in [-0.25, -0.2) is 9.97 Å². The second kappa shape index (κ2) is 3.48. The molecule has 19 heavy (non-hydrogen) atoms. The van der Waals surface area contributed by atoms with Crippen molar-refractivity contribution in [1.29, 1.82) is 0 Å². The van der Waals surface area contributed by atoms with Crippen LogP contribution in [0.15, 0.2) is 30.7 Å². The summed E-state index contributed by atoms with van der Waals surface area (Å²) in [6, 6.07) is 5.55. The zero-order valence-electron chi connectivity index (χ0n) is 9.65. The van der Waals surface area contributed by atoms with Gasteiger partial charge in [0.1, 0.15) is 11.2 Å². The Kier molecular flexibility index (Phi) is 1.82. The van der Waals surface area contributed by atoms with Crippen molar-refractivity contribution in [3.8, 4) is 11.5 Å². The summed E-state index contributed by atoms with van der Waals surface area (Å²) in [6.07, 6.45) is 3.24. The summed E-state index contributed by atoms with van der Waals surface area (Å²) in [5.74, 6) is 0.737. The number of nitrogen functional groups attached to an aromatic ring is 1. The first-order valence-corrected chi connectivity index (χ1v) is 5.59. The summed E-state index contributed by atoms with van der Waals surface area (Å²) in [4.78, 5) is 19.9. The summed E-state index contributed by atoms with van der Waals surface area (Å²) < 4.78 is 1.48. The molecule has 8 heteroatoms. The monoisotopic (exact) mass is 252 g/mol. The van der Waals surface area contributed by atoms with Gasteiger partial charge in [0, 0.05) is 6.20 Å². The number of aromatic nitrogens is 7. The summed E-state index contributed by atoms with van der Waals surface area (Å²) in [5.41, 5.74) is 8.33. The Labute approximate surface area is 106 Å². The molecule has 0 saturated heterocycles. The number of imidazole rings is 1. The molecule has 4 rings (SSSR count). The van der Waals surface area contributed by atoms with Crippen LogP contribution in [0, 0.1) is 0 Å². The maximum atomic E-state index is 5.85. The number of hydrogen-bond donors (Lipinski definition) is 2. The standard InChI is InChI=1S/C11H8N8/c12-11-17-9-7(14-5-15-9)10-16-8(18-19(10)11)6-3-1-2-4-13-6/h1-5H,(H2,12,17)(H,14,15). The van der Waals surface area contributed by atoms with Crippen molar-refractivity contribution < 1.29 is 0 Å². The number of rotatable bonds is 1. The minimum atomic E-state index is 0.240. The molecule has 4 aromatic rings. The van der Waals surface area contributed by atoms with Crippen LogP contribution in [0.4, 0.5) is 5.95 Å². The third-order valence-electron chi connectivity index (χ3n) is 2.78. The number of nitrogens with zero attached hydrogens (tertiary/aromatic N) is 6. The first kappa shape index (κ1) is 9.95. The lowest BCUT2D eigenvalue weighted by atomic mass is 10.3. The van der Waals surface area contributed by atoms with Crippen molar-refractivity contribution in [2.45, 2.75) is 0 Å². The molecule has 0 unspecified atom stereocenters. The Balaban J connectivity index is 2.08. The van der Waals surface area contributed by atoms with E-state index in [2.05, 4.69) is 30.0 Å². The van der Waals surface area contributed by atoms with Crippen molar-refractivity contribution in [2.75, 3.05) is 5.73 Å². The van der Waals surface area contributed by atoms with Crippen molar-refractivity contribution in [2.24, 2.45) is 0 Å². The molecule has 0 bridgehead atoms. The Bertz CT molecular complexity index is 876. The highest BCUT2D eigenvalue weighted by Crippen LogP contribution is 2.19. The molecule has 4 heterocycles. The molecule has 0 amide bonds. The van der Waals surface area contributed by atoms with E-state index in [1.165, 1.54) is 4.52 Å². The second-order valence-corrected chi connectivity index (χ2v) is 3.96. The van der Waals surface area contributed by atoms with Crippen LogP contribution < -0.4 is 5.73 Å². The van der Waals surface area contributed by atoms with Crippen molar-refractivity contribution in [3.63, 3.8) is 0 Å². The van der Waals surface area contributed by atoms with Gasteiger partial charge in [-0.05, 0) is 12.1 Å². The quantitative estimate of drug-likeness (QED) is 0.514. The van der Waals surface area contributed by atoms with Crippen LogP contribution in [0.25, 0.3) is 28.3 Å². The number of H-pyrrole nitrogens is 1. The van der Waals surface area contributed by atoms with Crippen LogP contribution in [-0.2, 0) is 0 Å². The normalized spacial score (nSPS) is 11.4.